The molecule has 0 atom stereocenters. The van der Waals surface area contributed by atoms with Gasteiger partial charge in [-0.15, -0.1) is 0 Å². The largest absolute Gasteiger partial charge is 2.00 e. The fraction of sp³-hybridized carbons (Fsp3) is 0.455. The van der Waals surface area contributed by atoms with Gasteiger partial charge in [-0.1, -0.05) is 38.5 Å². The SMILES string of the molecule is CCC(CC)c1ccncc1.CCC(CC)c1ccncc1.N#C[S-].N#C[S-].[Cu+2]. The van der Waals surface area contributed by atoms with Gasteiger partial charge in [-0.2, -0.15) is 0 Å². The van der Waals surface area contributed by atoms with Crippen LogP contribution in [0.3, 0.4) is 0 Å². The summed E-state index contributed by atoms with van der Waals surface area (Å²) in [7, 11) is 0. The molecule has 0 bridgehead atoms. The summed E-state index contributed by atoms with van der Waals surface area (Å²) >= 11 is 7.40. The molecular formula is C22H30CuN4S2. The Labute approximate surface area is 198 Å². The van der Waals surface area contributed by atoms with Crippen molar-refractivity contribution in [3.63, 3.8) is 0 Å². The fourth-order valence-corrected chi connectivity index (χ4v) is 2.79. The van der Waals surface area contributed by atoms with Crippen LogP contribution in [0.1, 0.15) is 76.3 Å². The van der Waals surface area contributed by atoms with Crippen LogP contribution in [-0.4, -0.2) is 9.97 Å². The summed E-state index contributed by atoms with van der Waals surface area (Å²) in [5.41, 5.74) is 2.84. The molecule has 0 aromatic carbocycles. The fourth-order valence-electron chi connectivity index (χ4n) is 2.79. The van der Waals surface area contributed by atoms with Crippen molar-refractivity contribution in [2.24, 2.45) is 0 Å². The monoisotopic (exact) mass is 477 g/mol. The molecule has 0 aliphatic carbocycles. The van der Waals surface area contributed by atoms with Crippen molar-refractivity contribution >= 4 is 25.3 Å². The molecule has 0 N–H and O–H groups in total. The topological polar surface area (TPSA) is 73.4 Å². The van der Waals surface area contributed by atoms with E-state index in [-0.39, 0.29) is 17.1 Å². The molecule has 0 saturated heterocycles. The van der Waals surface area contributed by atoms with Gasteiger partial charge in [0.2, 0.25) is 0 Å². The smallest absolute Gasteiger partial charge is 0.696 e. The van der Waals surface area contributed by atoms with E-state index in [9.17, 15) is 0 Å². The molecule has 0 aliphatic rings. The zero-order valence-electron chi connectivity index (χ0n) is 17.5. The normalized spacial score (nSPS) is 8.41. The van der Waals surface area contributed by atoms with Gasteiger partial charge in [0.15, 0.2) is 0 Å². The molecule has 29 heavy (non-hydrogen) atoms. The van der Waals surface area contributed by atoms with Crippen molar-refractivity contribution in [1.29, 1.82) is 10.5 Å². The molecule has 2 heterocycles. The Hall–Kier alpha value is -1.76. The van der Waals surface area contributed by atoms with E-state index in [0.717, 1.165) is 11.8 Å². The average molecular weight is 478 g/mol. The number of rotatable bonds is 6. The van der Waals surface area contributed by atoms with Gasteiger partial charge < -0.3 is 25.3 Å². The van der Waals surface area contributed by atoms with E-state index < -0.39 is 0 Å². The molecular weight excluding hydrogens is 448 g/mol. The number of nitriles is 2. The van der Waals surface area contributed by atoms with Gasteiger partial charge >= 0.3 is 17.1 Å². The average Bonchev–Trinajstić information content (AvgIpc) is 2.73. The Balaban J connectivity index is -0.000000358. The predicted octanol–water partition coefficient (Wildman–Crippen LogP) is 6.00. The van der Waals surface area contributed by atoms with Crippen LogP contribution in [0.2, 0.25) is 0 Å². The maximum absolute atomic E-state index is 7.13. The zero-order valence-corrected chi connectivity index (χ0v) is 20.1. The predicted molar refractivity (Wildman–Crippen MR) is 121 cm³/mol. The molecule has 0 fully saturated rings. The van der Waals surface area contributed by atoms with Crippen molar-refractivity contribution in [2.75, 3.05) is 0 Å². The summed E-state index contributed by atoms with van der Waals surface area (Å²) in [5.74, 6) is 1.44. The van der Waals surface area contributed by atoms with Crippen LogP contribution in [0, 0.1) is 21.3 Å². The van der Waals surface area contributed by atoms with Crippen LogP contribution in [0.4, 0.5) is 0 Å². The summed E-state index contributed by atoms with van der Waals surface area (Å²) in [5, 5.41) is 16.9. The van der Waals surface area contributed by atoms with Crippen LogP contribution in [-0.2, 0) is 42.3 Å². The molecule has 2 rings (SSSR count). The Morgan fingerprint density at radius 1 is 0.690 bits per heavy atom. The molecule has 0 spiro atoms. The van der Waals surface area contributed by atoms with Gasteiger partial charge in [0.05, 0.1) is 0 Å². The zero-order chi connectivity index (χ0) is 21.6. The van der Waals surface area contributed by atoms with Crippen LogP contribution in [0.25, 0.3) is 0 Å². The van der Waals surface area contributed by atoms with Crippen molar-refractivity contribution in [3.8, 4) is 10.8 Å². The molecule has 0 aliphatic heterocycles. The Bertz CT molecular complexity index is 591. The number of hydrogen-bond donors (Lipinski definition) is 0. The second kappa shape index (κ2) is 24.3. The van der Waals surface area contributed by atoms with E-state index in [1.165, 1.54) is 47.6 Å². The third kappa shape index (κ3) is 16.9. The Morgan fingerprint density at radius 3 is 1.07 bits per heavy atom. The van der Waals surface area contributed by atoms with Gasteiger partial charge in [-0.05, 0) is 72.9 Å². The molecule has 0 amide bonds. The number of nitrogens with zero attached hydrogens (tertiary/aromatic N) is 4. The van der Waals surface area contributed by atoms with Crippen LogP contribution >= 0.6 is 0 Å². The summed E-state index contributed by atoms with van der Waals surface area (Å²) in [6.07, 6.45) is 12.4. The first-order valence-electron chi connectivity index (χ1n) is 9.42. The summed E-state index contributed by atoms with van der Waals surface area (Å²) in [6, 6.07) is 8.44. The Morgan fingerprint density at radius 2 is 0.897 bits per heavy atom. The van der Waals surface area contributed by atoms with E-state index in [1.807, 2.05) is 24.8 Å². The van der Waals surface area contributed by atoms with E-state index in [0.29, 0.717) is 0 Å². The van der Waals surface area contributed by atoms with Gasteiger partial charge in [-0.3, -0.25) is 9.97 Å². The minimum Gasteiger partial charge on any atom is -0.696 e. The maximum Gasteiger partial charge on any atom is 2.00 e. The molecule has 4 nitrogen and oxygen atoms in total. The minimum absolute atomic E-state index is 0. The van der Waals surface area contributed by atoms with Crippen molar-refractivity contribution in [2.45, 2.75) is 65.2 Å². The van der Waals surface area contributed by atoms with Gasteiger partial charge in [0, 0.05) is 24.8 Å². The van der Waals surface area contributed by atoms with E-state index in [4.69, 9.17) is 10.5 Å². The number of pyridine rings is 2. The Kier molecular flexibility index (Phi) is 26.7. The summed E-state index contributed by atoms with van der Waals surface area (Å²) in [4.78, 5) is 7.99. The van der Waals surface area contributed by atoms with Crippen molar-refractivity contribution in [1.82, 2.24) is 9.97 Å². The molecule has 0 unspecified atom stereocenters. The van der Waals surface area contributed by atoms with Crippen LogP contribution in [0.15, 0.2) is 49.1 Å². The molecule has 1 radical (unpaired) electrons. The minimum atomic E-state index is 0. The molecule has 2 aromatic rings. The molecule has 161 valence electrons. The molecule has 0 saturated carbocycles. The maximum atomic E-state index is 7.13. The standard InChI is InChI=1S/2C10H15N.2CHNS.Cu/c2*1-3-9(4-2)10-5-7-11-8-6-10;2*2-1-3;/h2*5-9H,3-4H2,1-2H3;2*3H;/q;;;;+2/p-2. The van der Waals surface area contributed by atoms with Gasteiger partial charge in [0.25, 0.3) is 0 Å². The van der Waals surface area contributed by atoms with Gasteiger partial charge in [0.1, 0.15) is 0 Å². The number of hydrogen-bond acceptors (Lipinski definition) is 6. The summed E-state index contributed by atoms with van der Waals surface area (Å²) in [6.45, 7) is 8.92. The first-order chi connectivity index (χ1) is 13.6. The summed E-state index contributed by atoms with van der Waals surface area (Å²) < 4.78 is 0. The quantitative estimate of drug-likeness (QED) is 0.288. The number of aromatic nitrogens is 2. The first kappa shape index (κ1) is 31.9. The van der Waals surface area contributed by atoms with Gasteiger partial charge in [-0.25, -0.2) is 10.5 Å². The molecule has 2 aromatic heterocycles. The van der Waals surface area contributed by atoms with Crippen LogP contribution < -0.4 is 0 Å². The van der Waals surface area contributed by atoms with Crippen LogP contribution in [0.5, 0.6) is 0 Å². The third-order valence-corrected chi connectivity index (χ3v) is 4.33. The second-order valence-corrected chi connectivity index (χ2v) is 6.14. The van der Waals surface area contributed by atoms with Crippen molar-refractivity contribution in [3.05, 3.63) is 60.2 Å². The molecule has 7 heteroatoms. The van der Waals surface area contributed by atoms with E-state index in [1.54, 1.807) is 0 Å². The third-order valence-electron chi connectivity index (χ3n) is 4.33. The van der Waals surface area contributed by atoms with E-state index >= 15 is 0 Å². The second-order valence-electron chi connectivity index (χ2n) is 5.77. The number of thiocyanates is 2. The first-order valence-corrected chi connectivity index (χ1v) is 10.2. The van der Waals surface area contributed by atoms with E-state index in [2.05, 4.69) is 87.2 Å². The van der Waals surface area contributed by atoms with Crippen molar-refractivity contribution < 1.29 is 17.1 Å².